The Morgan fingerprint density at radius 2 is 1.80 bits per heavy atom. The second-order valence-electron chi connectivity index (χ2n) is 10.3. The van der Waals surface area contributed by atoms with E-state index in [4.69, 9.17) is 11.5 Å². The number of amides is 1. The smallest absolute Gasteiger partial charge is 0.230 e. The standard InChI is InChI=1S/C24H32N4O7/c1-27(2)13-7-10(8-25)18(29)15-11(13)5-9-6-12-17(28(3)4)20(31)16(23(26)34)22(33)24(12,35)21(32)14(9)19(15)30/h7,9,12,14,16-17,20,29,31,35H,5-6,8,25H2,1-4H3,(H2,26,34)/t9-,12-,14?,16?,17-,20?,24-/m1/s1. The molecule has 7 N–H and O–H groups in total. The fraction of sp³-hybridized carbons (Fsp3) is 0.583. The number of benzene rings is 1. The van der Waals surface area contributed by atoms with Crippen LogP contribution in [0.4, 0.5) is 5.69 Å². The van der Waals surface area contributed by atoms with Gasteiger partial charge in [-0.05, 0) is 44.5 Å². The van der Waals surface area contributed by atoms with E-state index >= 15 is 0 Å². The molecule has 3 aliphatic rings. The molecule has 0 spiro atoms. The van der Waals surface area contributed by atoms with E-state index in [9.17, 15) is 34.5 Å². The zero-order chi connectivity index (χ0) is 26.1. The molecule has 3 unspecified atom stereocenters. The number of nitrogens with zero attached hydrogens (tertiary/aromatic N) is 2. The van der Waals surface area contributed by atoms with Crippen molar-refractivity contribution in [1.29, 1.82) is 0 Å². The molecule has 190 valence electrons. The number of phenols is 1. The van der Waals surface area contributed by atoms with Crippen LogP contribution in [-0.4, -0.2) is 89.4 Å². The number of hydrogen-bond acceptors (Lipinski definition) is 10. The third kappa shape index (κ3) is 3.33. The van der Waals surface area contributed by atoms with Crippen LogP contribution >= 0.6 is 0 Å². The quantitative estimate of drug-likeness (QED) is 0.302. The van der Waals surface area contributed by atoms with Gasteiger partial charge in [-0.2, -0.15) is 0 Å². The van der Waals surface area contributed by atoms with E-state index in [0.29, 0.717) is 16.8 Å². The summed E-state index contributed by atoms with van der Waals surface area (Å²) in [4.78, 5) is 56.3. The molecule has 11 heteroatoms. The maximum atomic E-state index is 13.8. The topological polar surface area (TPSA) is 187 Å². The summed E-state index contributed by atoms with van der Waals surface area (Å²) >= 11 is 0. The van der Waals surface area contributed by atoms with Crippen molar-refractivity contribution in [2.75, 3.05) is 33.1 Å². The molecule has 7 atom stereocenters. The summed E-state index contributed by atoms with van der Waals surface area (Å²) in [6.07, 6.45) is -1.22. The average Bonchev–Trinajstić information content (AvgIpc) is 2.75. The third-order valence-electron chi connectivity index (χ3n) is 8.05. The van der Waals surface area contributed by atoms with Crippen molar-refractivity contribution >= 4 is 28.9 Å². The first-order chi connectivity index (χ1) is 16.3. The van der Waals surface area contributed by atoms with E-state index in [2.05, 4.69) is 0 Å². The fourth-order valence-electron chi connectivity index (χ4n) is 6.48. The van der Waals surface area contributed by atoms with Crippen LogP contribution < -0.4 is 16.4 Å². The Balaban J connectivity index is 1.90. The van der Waals surface area contributed by atoms with Gasteiger partial charge < -0.3 is 36.6 Å². The van der Waals surface area contributed by atoms with Gasteiger partial charge in [-0.15, -0.1) is 0 Å². The number of carbonyl (C=O) groups excluding carboxylic acids is 4. The molecular weight excluding hydrogens is 456 g/mol. The van der Waals surface area contributed by atoms with E-state index < -0.39 is 64.7 Å². The number of phenolic OH excluding ortho intramolecular Hbond substituents is 1. The number of ketones is 3. The van der Waals surface area contributed by atoms with Gasteiger partial charge in [0.15, 0.2) is 23.0 Å². The van der Waals surface area contributed by atoms with Crippen LogP contribution in [0.5, 0.6) is 5.75 Å². The molecule has 35 heavy (non-hydrogen) atoms. The number of aromatic hydroxyl groups is 1. The number of likely N-dealkylation sites (N-methyl/N-ethyl adjacent to an activating group) is 1. The SMILES string of the molecule is CN(C)c1cc(CN)c(O)c2c1C[C@@H]1C[C@@H]3[C@@H](N(C)C)C(O)C(C(N)=O)C(=O)[C@]3(O)C(=O)C1C2=O. The zero-order valence-electron chi connectivity index (χ0n) is 20.2. The van der Waals surface area contributed by atoms with E-state index in [1.54, 1.807) is 44.1 Å². The number of carbonyl (C=O) groups is 4. The lowest BCUT2D eigenvalue weighted by atomic mass is 9.52. The van der Waals surface area contributed by atoms with Crippen molar-refractivity contribution in [3.05, 3.63) is 22.8 Å². The predicted octanol–water partition coefficient (Wildman–Crippen LogP) is -1.82. The first-order valence-electron chi connectivity index (χ1n) is 11.5. The van der Waals surface area contributed by atoms with Gasteiger partial charge in [0.2, 0.25) is 5.91 Å². The summed E-state index contributed by atoms with van der Waals surface area (Å²) in [5.41, 5.74) is 10.0. The molecule has 2 fully saturated rings. The average molecular weight is 489 g/mol. The molecule has 3 aliphatic carbocycles. The van der Waals surface area contributed by atoms with Crippen LogP contribution in [-0.2, 0) is 27.3 Å². The molecule has 0 bridgehead atoms. The Kier molecular flexibility index (Phi) is 6.03. The van der Waals surface area contributed by atoms with Crippen LogP contribution in [0.25, 0.3) is 0 Å². The van der Waals surface area contributed by atoms with Crippen LogP contribution in [0.1, 0.15) is 27.9 Å². The van der Waals surface area contributed by atoms with Gasteiger partial charge in [-0.25, -0.2) is 0 Å². The Morgan fingerprint density at radius 1 is 1.17 bits per heavy atom. The maximum Gasteiger partial charge on any atom is 0.230 e. The molecule has 2 saturated carbocycles. The van der Waals surface area contributed by atoms with Gasteiger partial charge >= 0.3 is 0 Å². The van der Waals surface area contributed by atoms with Crippen molar-refractivity contribution in [3.63, 3.8) is 0 Å². The minimum Gasteiger partial charge on any atom is -0.507 e. The first kappa shape index (κ1) is 25.2. The largest absolute Gasteiger partial charge is 0.507 e. The number of aliphatic hydroxyl groups is 2. The summed E-state index contributed by atoms with van der Waals surface area (Å²) in [6.45, 7) is -0.0392. The highest BCUT2D eigenvalue weighted by Gasteiger charge is 2.69. The highest BCUT2D eigenvalue weighted by Crippen LogP contribution is 2.52. The Hall–Kier alpha value is -2.86. The molecule has 1 aromatic rings. The Labute approximate surface area is 202 Å². The monoisotopic (exact) mass is 488 g/mol. The van der Waals surface area contributed by atoms with Gasteiger partial charge in [-0.3, -0.25) is 19.2 Å². The van der Waals surface area contributed by atoms with Crippen LogP contribution in [0.2, 0.25) is 0 Å². The molecule has 0 heterocycles. The lowest BCUT2D eigenvalue weighted by Gasteiger charge is -2.55. The van der Waals surface area contributed by atoms with Crippen molar-refractivity contribution in [2.24, 2.45) is 35.1 Å². The van der Waals surface area contributed by atoms with E-state index in [0.717, 1.165) is 0 Å². The van der Waals surface area contributed by atoms with Crippen LogP contribution in [0, 0.1) is 23.7 Å². The fourth-order valence-corrected chi connectivity index (χ4v) is 6.48. The summed E-state index contributed by atoms with van der Waals surface area (Å²) < 4.78 is 0. The number of hydrogen-bond donors (Lipinski definition) is 5. The predicted molar refractivity (Wildman–Crippen MR) is 125 cm³/mol. The zero-order valence-corrected chi connectivity index (χ0v) is 20.2. The van der Waals surface area contributed by atoms with Gasteiger partial charge in [0, 0.05) is 43.9 Å². The number of primary amides is 1. The molecule has 11 nitrogen and oxygen atoms in total. The molecule has 0 saturated heterocycles. The molecule has 1 amide bonds. The van der Waals surface area contributed by atoms with Crippen molar-refractivity contribution in [2.45, 2.75) is 37.1 Å². The number of rotatable bonds is 4. The van der Waals surface area contributed by atoms with Gasteiger partial charge in [0.1, 0.15) is 11.7 Å². The molecule has 0 radical (unpaired) electrons. The minimum atomic E-state index is -2.67. The van der Waals surface area contributed by atoms with Gasteiger partial charge in [0.05, 0.1) is 17.6 Å². The van der Waals surface area contributed by atoms with Crippen molar-refractivity contribution < 1.29 is 34.5 Å². The lowest BCUT2D eigenvalue weighted by Crippen LogP contribution is -2.75. The van der Waals surface area contributed by atoms with Crippen LogP contribution in [0.15, 0.2) is 6.07 Å². The minimum absolute atomic E-state index is 0.0350. The normalized spacial score (nSPS) is 34.3. The molecule has 0 aliphatic heterocycles. The van der Waals surface area contributed by atoms with Crippen LogP contribution in [0.3, 0.4) is 0 Å². The molecule has 1 aromatic carbocycles. The van der Waals surface area contributed by atoms with E-state index in [1.165, 1.54) is 0 Å². The number of Topliss-reactive ketones (excluding diaryl/α,β-unsaturated/α-hetero) is 3. The van der Waals surface area contributed by atoms with Gasteiger partial charge in [-0.1, -0.05) is 0 Å². The number of fused-ring (bicyclic) bond motifs is 3. The molecular formula is C24H32N4O7. The van der Waals surface area contributed by atoms with E-state index in [1.807, 2.05) is 0 Å². The maximum absolute atomic E-state index is 13.8. The molecule has 0 aromatic heterocycles. The van der Waals surface area contributed by atoms with Crippen molar-refractivity contribution in [1.82, 2.24) is 4.90 Å². The van der Waals surface area contributed by atoms with Crippen molar-refractivity contribution in [3.8, 4) is 5.75 Å². The third-order valence-corrected chi connectivity index (χ3v) is 8.05. The highest BCUT2D eigenvalue weighted by molar-refractivity contribution is 6.25. The van der Waals surface area contributed by atoms with E-state index in [-0.39, 0.29) is 30.7 Å². The number of anilines is 1. The summed E-state index contributed by atoms with van der Waals surface area (Å²) in [7, 11) is 6.79. The summed E-state index contributed by atoms with van der Waals surface area (Å²) in [5, 5.41) is 33.3. The van der Waals surface area contributed by atoms with Gasteiger partial charge in [0.25, 0.3) is 0 Å². The Morgan fingerprint density at radius 3 is 2.31 bits per heavy atom. The molecule has 4 rings (SSSR count). The highest BCUT2D eigenvalue weighted by atomic mass is 16.3. The second-order valence-corrected chi connectivity index (χ2v) is 10.3. The number of aliphatic hydroxyl groups excluding tert-OH is 1. The first-order valence-corrected chi connectivity index (χ1v) is 11.5. The summed E-state index contributed by atoms with van der Waals surface area (Å²) in [5.74, 6) is -9.20. The number of nitrogens with two attached hydrogens (primary N) is 2. The Bertz CT molecular complexity index is 1130. The lowest BCUT2D eigenvalue weighted by molar-refractivity contribution is -0.190. The summed E-state index contributed by atoms with van der Waals surface area (Å²) in [6, 6.07) is 0.773. The second kappa shape index (κ2) is 8.37.